The largest absolute Gasteiger partial charge is 0.478 e. The van der Waals surface area contributed by atoms with Gasteiger partial charge >= 0.3 is 5.97 Å². The highest BCUT2D eigenvalue weighted by Gasteiger charge is 2.24. The number of nitrogens with zero attached hydrogens (tertiary/aromatic N) is 3. The first-order chi connectivity index (χ1) is 19.0. The van der Waals surface area contributed by atoms with Gasteiger partial charge in [-0.2, -0.15) is 5.10 Å². The van der Waals surface area contributed by atoms with Gasteiger partial charge in [0.05, 0.1) is 16.8 Å². The van der Waals surface area contributed by atoms with Crippen molar-refractivity contribution in [3.05, 3.63) is 82.8 Å². The van der Waals surface area contributed by atoms with Crippen molar-refractivity contribution >= 4 is 51.9 Å². The Bertz CT molecular complexity index is 1650. The van der Waals surface area contributed by atoms with Crippen LogP contribution in [-0.2, 0) is 16.1 Å². The van der Waals surface area contributed by atoms with E-state index in [1.807, 2.05) is 0 Å². The van der Waals surface area contributed by atoms with Crippen molar-refractivity contribution in [1.82, 2.24) is 14.7 Å². The van der Waals surface area contributed by atoms with E-state index in [1.54, 1.807) is 50.2 Å². The molecular weight excluding hydrogens is 541 g/mol. The third-order valence-electron chi connectivity index (χ3n) is 6.21. The zero-order chi connectivity index (χ0) is 29.1. The van der Waals surface area contributed by atoms with Gasteiger partial charge in [0, 0.05) is 27.6 Å². The minimum Gasteiger partial charge on any atom is -0.478 e. The summed E-state index contributed by atoms with van der Waals surface area (Å²) in [7, 11) is 0. The molecule has 3 amide bonds. The molecule has 0 fully saturated rings. The number of aromatic nitrogens is 2. The fourth-order valence-corrected chi connectivity index (χ4v) is 4.49. The minimum absolute atomic E-state index is 0.0722. The van der Waals surface area contributed by atoms with Gasteiger partial charge in [-0.25, -0.2) is 9.18 Å². The Morgan fingerprint density at radius 3 is 2.42 bits per heavy atom. The van der Waals surface area contributed by atoms with Gasteiger partial charge in [-0.05, 0) is 44.2 Å². The lowest BCUT2D eigenvalue weighted by Crippen LogP contribution is -2.44. The number of anilines is 1. The number of aromatic carboxylic acids is 1. The molecule has 10 nitrogen and oxygen atoms in total. The summed E-state index contributed by atoms with van der Waals surface area (Å²) in [4.78, 5) is 50.8. The number of nitrogens with one attached hydrogen (secondary N) is 1. The molecule has 3 aromatic carbocycles. The topological polar surface area (TPSA) is 148 Å². The second-order valence-corrected chi connectivity index (χ2v) is 9.63. The molecule has 0 saturated heterocycles. The SMILES string of the molecule is CC(C)N(CC(=O)Nc1cccc(-c2ccccc2Cl)c1F)C(=O)Cn1nc(C(N)=O)c2cc(C(=O)O)ccc21. The first-order valence-corrected chi connectivity index (χ1v) is 12.5. The number of primary amides is 1. The summed E-state index contributed by atoms with van der Waals surface area (Å²) in [5.74, 6) is -3.91. The van der Waals surface area contributed by atoms with Gasteiger partial charge in [0.1, 0.15) is 13.1 Å². The van der Waals surface area contributed by atoms with Crippen LogP contribution in [0.5, 0.6) is 0 Å². The maximum atomic E-state index is 15.3. The number of fused-ring (bicyclic) bond motifs is 1. The first kappa shape index (κ1) is 28.2. The summed E-state index contributed by atoms with van der Waals surface area (Å²) in [6.45, 7) is 2.66. The van der Waals surface area contributed by atoms with Crippen LogP contribution in [0.15, 0.2) is 60.7 Å². The highest BCUT2D eigenvalue weighted by molar-refractivity contribution is 6.33. The number of hydrogen-bond acceptors (Lipinski definition) is 5. The minimum atomic E-state index is -1.20. The summed E-state index contributed by atoms with van der Waals surface area (Å²) < 4.78 is 16.5. The van der Waals surface area contributed by atoms with Crippen LogP contribution in [0.3, 0.4) is 0 Å². The van der Waals surface area contributed by atoms with Crippen molar-refractivity contribution in [2.45, 2.75) is 26.4 Å². The molecule has 12 heteroatoms. The number of carboxylic acids is 1. The van der Waals surface area contributed by atoms with E-state index in [0.29, 0.717) is 16.1 Å². The number of halogens is 2. The second-order valence-electron chi connectivity index (χ2n) is 9.22. The summed E-state index contributed by atoms with van der Waals surface area (Å²) in [5, 5.41) is 16.5. The highest BCUT2D eigenvalue weighted by atomic mass is 35.5. The Morgan fingerprint density at radius 1 is 1.07 bits per heavy atom. The smallest absolute Gasteiger partial charge is 0.335 e. The van der Waals surface area contributed by atoms with E-state index in [-0.39, 0.29) is 34.4 Å². The Balaban J connectivity index is 1.55. The molecule has 4 aromatic rings. The van der Waals surface area contributed by atoms with E-state index in [4.69, 9.17) is 17.3 Å². The molecule has 4 rings (SSSR count). The lowest BCUT2D eigenvalue weighted by atomic mass is 10.0. The number of nitrogens with two attached hydrogens (primary N) is 1. The van der Waals surface area contributed by atoms with E-state index < -0.39 is 42.1 Å². The standard InChI is InChI=1S/C28H25ClFN5O5/c1-15(2)34(13-23(36)32-21-9-5-7-18(25(21)30)17-6-3-4-8-20(17)29)24(37)14-35-22-11-10-16(28(39)40)12-19(22)26(33-35)27(31)38/h3-12,15H,13-14H2,1-2H3,(H2,31,38)(H,32,36)(H,39,40). The number of rotatable bonds is 9. The Kier molecular flexibility index (Phi) is 8.15. The van der Waals surface area contributed by atoms with E-state index in [0.717, 1.165) is 0 Å². The monoisotopic (exact) mass is 565 g/mol. The zero-order valence-electron chi connectivity index (χ0n) is 21.5. The molecule has 0 saturated carbocycles. The average Bonchev–Trinajstić information content (AvgIpc) is 3.26. The number of hydrogen-bond donors (Lipinski definition) is 3. The van der Waals surface area contributed by atoms with E-state index >= 15 is 4.39 Å². The Morgan fingerprint density at radius 2 is 1.77 bits per heavy atom. The molecule has 1 heterocycles. The molecule has 0 bridgehead atoms. The van der Waals surface area contributed by atoms with Gasteiger partial charge in [-0.15, -0.1) is 0 Å². The van der Waals surface area contributed by atoms with Gasteiger partial charge in [0.25, 0.3) is 5.91 Å². The van der Waals surface area contributed by atoms with E-state index in [2.05, 4.69) is 10.4 Å². The molecule has 206 valence electrons. The average molecular weight is 566 g/mol. The van der Waals surface area contributed by atoms with Crippen LogP contribution in [-0.4, -0.2) is 56.1 Å². The third kappa shape index (κ3) is 5.79. The van der Waals surface area contributed by atoms with Crippen LogP contribution in [0.4, 0.5) is 10.1 Å². The fourth-order valence-electron chi connectivity index (χ4n) is 4.25. The molecule has 0 radical (unpaired) electrons. The van der Waals surface area contributed by atoms with Crippen LogP contribution in [0.1, 0.15) is 34.7 Å². The normalized spacial score (nSPS) is 11.0. The molecule has 40 heavy (non-hydrogen) atoms. The molecule has 0 aliphatic heterocycles. The van der Waals surface area contributed by atoms with Crippen molar-refractivity contribution in [2.24, 2.45) is 5.73 Å². The number of carboxylic acid groups (broad SMARTS) is 1. The van der Waals surface area contributed by atoms with E-state index in [1.165, 1.54) is 33.8 Å². The quantitative estimate of drug-likeness (QED) is 0.277. The van der Waals surface area contributed by atoms with Gasteiger partial charge < -0.3 is 21.1 Å². The summed E-state index contributed by atoms with van der Waals surface area (Å²) in [5.41, 5.74) is 6.08. The van der Waals surface area contributed by atoms with Crippen LogP contribution in [0, 0.1) is 5.82 Å². The molecule has 4 N–H and O–H groups in total. The molecule has 0 unspecified atom stereocenters. The highest BCUT2D eigenvalue weighted by Crippen LogP contribution is 2.32. The summed E-state index contributed by atoms with van der Waals surface area (Å²) in [6.07, 6.45) is 0. The predicted molar refractivity (Wildman–Crippen MR) is 148 cm³/mol. The maximum Gasteiger partial charge on any atom is 0.335 e. The third-order valence-corrected chi connectivity index (χ3v) is 6.54. The van der Waals surface area contributed by atoms with Crippen LogP contribution in [0.2, 0.25) is 5.02 Å². The summed E-state index contributed by atoms with van der Waals surface area (Å²) >= 11 is 6.21. The number of benzene rings is 3. The van der Waals surface area contributed by atoms with Gasteiger partial charge in [-0.1, -0.05) is 41.9 Å². The molecule has 0 atom stereocenters. The van der Waals surface area contributed by atoms with Gasteiger partial charge in [0.15, 0.2) is 11.5 Å². The lowest BCUT2D eigenvalue weighted by molar-refractivity contribution is -0.137. The molecule has 0 aliphatic rings. The fraction of sp³-hybridized carbons (Fsp3) is 0.179. The molecular formula is C28H25ClFN5O5. The van der Waals surface area contributed by atoms with Crippen molar-refractivity contribution in [2.75, 3.05) is 11.9 Å². The van der Waals surface area contributed by atoms with Crippen molar-refractivity contribution in [3.8, 4) is 11.1 Å². The Labute approximate surface area is 233 Å². The van der Waals surface area contributed by atoms with Crippen molar-refractivity contribution in [3.63, 3.8) is 0 Å². The maximum absolute atomic E-state index is 15.3. The van der Waals surface area contributed by atoms with Crippen molar-refractivity contribution in [1.29, 1.82) is 0 Å². The summed E-state index contributed by atoms with van der Waals surface area (Å²) in [6, 6.07) is 14.8. The van der Waals surface area contributed by atoms with E-state index in [9.17, 15) is 24.3 Å². The van der Waals surface area contributed by atoms with Crippen LogP contribution >= 0.6 is 11.6 Å². The van der Waals surface area contributed by atoms with Gasteiger partial charge in [0.2, 0.25) is 11.8 Å². The van der Waals surface area contributed by atoms with Crippen LogP contribution < -0.4 is 11.1 Å². The van der Waals surface area contributed by atoms with Crippen molar-refractivity contribution < 1.29 is 28.7 Å². The number of carbonyl (C=O) groups is 4. The second kappa shape index (κ2) is 11.5. The molecule has 1 aromatic heterocycles. The number of carbonyl (C=O) groups excluding carboxylic acids is 3. The number of amides is 3. The van der Waals surface area contributed by atoms with Gasteiger partial charge in [-0.3, -0.25) is 19.1 Å². The Hall–Kier alpha value is -4.77. The zero-order valence-corrected chi connectivity index (χ0v) is 22.3. The van der Waals surface area contributed by atoms with Crippen LogP contribution in [0.25, 0.3) is 22.0 Å². The molecule has 0 spiro atoms. The lowest BCUT2D eigenvalue weighted by Gasteiger charge is -2.26. The predicted octanol–water partition coefficient (Wildman–Crippen LogP) is 4.17. The molecule has 0 aliphatic carbocycles. The first-order valence-electron chi connectivity index (χ1n) is 12.1.